The fourth-order valence-electron chi connectivity index (χ4n) is 3.02. The summed E-state index contributed by atoms with van der Waals surface area (Å²) in [7, 11) is 0. The zero-order valence-corrected chi connectivity index (χ0v) is 11.7. The Morgan fingerprint density at radius 2 is 2.37 bits per heavy atom. The van der Waals surface area contributed by atoms with E-state index in [1.165, 1.54) is 5.56 Å². The van der Waals surface area contributed by atoms with Crippen molar-refractivity contribution >= 4 is 5.97 Å². The highest BCUT2D eigenvalue weighted by Crippen LogP contribution is 2.31. The highest BCUT2D eigenvalue weighted by atomic mass is 16.4. The minimum absolute atomic E-state index is 0.247. The van der Waals surface area contributed by atoms with Crippen LogP contribution in [-0.4, -0.2) is 29.1 Å². The molecule has 0 amide bonds. The van der Waals surface area contributed by atoms with Gasteiger partial charge < -0.3 is 9.52 Å². The molecule has 0 aliphatic carbocycles. The number of carbonyl (C=O) groups is 1. The summed E-state index contributed by atoms with van der Waals surface area (Å²) in [6.45, 7) is 6.32. The number of carboxylic acids is 1. The van der Waals surface area contributed by atoms with Crippen molar-refractivity contribution in [3.05, 3.63) is 24.2 Å². The van der Waals surface area contributed by atoms with Gasteiger partial charge in [-0.05, 0) is 44.2 Å². The Hall–Kier alpha value is -1.29. The minimum atomic E-state index is -0.687. The normalized spacial score (nSPS) is 24.0. The van der Waals surface area contributed by atoms with Crippen molar-refractivity contribution in [2.45, 2.75) is 39.2 Å². The molecule has 0 bridgehead atoms. The van der Waals surface area contributed by atoms with E-state index in [0.29, 0.717) is 12.0 Å². The van der Waals surface area contributed by atoms with Crippen LogP contribution in [0.2, 0.25) is 0 Å². The molecule has 1 N–H and O–H groups in total. The van der Waals surface area contributed by atoms with Crippen LogP contribution in [0.15, 0.2) is 23.0 Å². The standard InChI is InChI=1S/C15H23NO3/c1-11(8-15(17)18)13-4-3-6-16(9-13)12(2)14-5-7-19-10-14/h5,7,10-13H,3-4,6,8-9H2,1-2H3,(H,17,18). The van der Waals surface area contributed by atoms with Crippen LogP contribution < -0.4 is 0 Å². The second-order valence-corrected chi connectivity index (χ2v) is 5.71. The molecular formula is C15H23NO3. The highest BCUT2D eigenvalue weighted by Gasteiger charge is 2.28. The molecule has 1 fully saturated rings. The van der Waals surface area contributed by atoms with Crippen LogP contribution in [0.3, 0.4) is 0 Å². The van der Waals surface area contributed by atoms with Crippen molar-refractivity contribution in [1.82, 2.24) is 4.90 Å². The van der Waals surface area contributed by atoms with Crippen molar-refractivity contribution in [3.8, 4) is 0 Å². The molecule has 1 aromatic heterocycles. The van der Waals surface area contributed by atoms with Gasteiger partial charge in [0.1, 0.15) is 0 Å². The first-order valence-corrected chi connectivity index (χ1v) is 7.06. The third-order valence-corrected chi connectivity index (χ3v) is 4.36. The van der Waals surface area contributed by atoms with Gasteiger partial charge in [-0.1, -0.05) is 6.92 Å². The summed E-state index contributed by atoms with van der Waals surface area (Å²) in [5, 5.41) is 8.91. The van der Waals surface area contributed by atoms with Gasteiger partial charge >= 0.3 is 5.97 Å². The molecule has 0 saturated carbocycles. The van der Waals surface area contributed by atoms with Crippen molar-refractivity contribution < 1.29 is 14.3 Å². The number of carboxylic acid groups (broad SMARTS) is 1. The molecule has 2 rings (SSSR count). The first kappa shape index (κ1) is 14.1. The summed E-state index contributed by atoms with van der Waals surface area (Å²) in [4.78, 5) is 13.3. The summed E-state index contributed by atoms with van der Waals surface area (Å²) < 4.78 is 5.15. The Balaban J connectivity index is 1.95. The molecule has 4 nitrogen and oxygen atoms in total. The van der Waals surface area contributed by atoms with Crippen LogP contribution >= 0.6 is 0 Å². The van der Waals surface area contributed by atoms with Crippen LogP contribution in [0, 0.1) is 11.8 Å². The van der Waals surface area contributed by atoms with Gasteiger partial charge in [-0.3, -0.25) is 9.69 Å². The van der Waals surface area contributed by atoms with Gasteiger partial charge in [0.2, 0.25) is 0 Å². The Kier molecular flexibility index (Phi) is 4.64. The van der Waals surface area contributed by atoms with E-state index in [1.807, 2.05) is 6.07 Å². The quantitative estimate of drug-likeness (QED) is 0.888. The average molecular weight is 265 g/mol. The van der Waals surface area contributed by atoms with Gasteiger partial charge in [-0.15, -0.1) is 0 Å². The number of nitrogens with zero attached hydrogens (tertiary/aromatic N) is 1. The molecule has 0 spiro atoms. The first-order chi connectivity index (χ1) is 9.08. The fraction of sp³-hybridized carbons (Fsp3) is 0.667. The number of hydrogen-bond donors (Lipinski definition) is 1. The molecule has 1 aliphatic rings. The summed E-state index contributed by atoms with van der Waals surface area (Å²) in [5.74, 6) is 0.0450. The molecular weight excluding hydrogens is 242 g/mol. The largest absolute Gasteiger partial charge is 0.481 e. The number of likely N-dealkylation sites (tertiary alicyclic amines) is 1. The molecule has 106 valence electrons. The predicted octanol–water partition coefficient (Wildman–Crippen LogP) is 3.16. The van der Waals surface area contributed by atoms with Gasteiger partial charge in [-0.2, -0.15) is 0 Å². The lowest BCUT2D eigenvalue weighted by Crippen LogP contribution is -2.39. The van der Waals surface area contributed by atoms with Crippen molar-refractivity contribution in [3.63, 3.8) is 0 Å². The van der Waals surface area contributed by atoms with E-state index in [4.69, 9.17) is 9.52 Å². The van der Waals surface area contributed by atoms with Gasteiger partial charge in [0.15, 0.2) is 0 Å². The Labute approximate surface area is 114 Å². The molecule has 2 heterocycles. The molecule has 4 heteroatoms. The molecule has 1 aliphatic heterocycles. The third-order valence-electron chi connectivity index (χ3n) is 4.36. The summed E-state index contributed by atoms with van der Waals surface area (Å²) in [6, 6.07) is 2.35. The Bertz CT molecular complexity index is 402. The van der Waals surface area contributed by atoms with Crippen LogP contribution in [0.25, 0.3) is 0 Å². The lowest BCUT2D eigenvalue weighted by Gasteiger charge is -2.38. The van der Waals surface area contributed by atoms with E-state index in [2.05, 4.69) is 18.7 Å². The molecule has 19 heavy (non-hydrogen) atoms. The zero-order chi connectivity index (χ0) is 13.8. The maximum Gasteiger partial charge on any atom is 0.303 e. The first-order valence-electron chi connectivity index (χ1n) is 7.06. The van der Waals surface area contributed by atoms with Gasteiger partial charge in [0, 0.05) is 24.6 Å². The predicted molar refractivity (Wildman–Crippen MR) is 72.8 cm³/mol. The second-order valence-electron chi connectivity index (χ2n) is 5.71. The van der Waals surface area contributed by atoms with E-state index in [1.54, 1.807) is 12.5 Å². The number of piperidine rings is 1. The van der Waals surface area contributed by atoms with Crippen LogP contribution in [0.1, 0.15) is 44.7 Å². The molecule has 1 saturated heterocycles. The van der Waals surface area contributed by atoms with Crippen LogP contribution in [0.4, 0.5) is 0 Å². The SMILES string of the molecule is CC(CC(=O)O)C1CCCN(C(C)c2ccoc2)C1. The smallest absolute Gasteiger partial charge is 0.303 e. The summed E-state index contributed by atoms with van der Waals surface area (Å²) >= 11 is 0. The minimum Gasteiger partial charge on any atom is -0.481 e. The van der Waals surface area contributed by atoms with E-state index in [9.17, 15) is 4.79 Å². The van der Waals surface area contributed by atoms with Crippen LogP contribution in [-0.2, 0) is 4.79 Å². The lowest BCUT2D eigenvalue weighted by molar-refractivity contribution is -0.138. The fourth-order valence-corrected chi connectivity index (χ4v) is 3.02. The molecule has 1 aromatic rings. The molecule has 3 atom stereocenters. The number of aliphatic carboxylic acids is 1. The lowest BCUT2D eigenvalue weighted by atomic mass is 9.84. The molecule has 0 radical (unpaired) electrons. The van der Waals surface area contributed by atoms with Crippen molar-refractivity contribution in [2.24, 2.45) is 11.8 Å². The van der Waals surface area contributed by atoms with Gasteiger partial charge in [0.25, 0.3) is 0 Å². The second kappa shape index (κ2) is 6.24. The summed E-state index contributed by atoms with van der Waals surface area (Å²) in [5.41, 5.74) is 1.20. The van der Waals surface area contributed by atoms with E-state index in [-0.39, 0.29) is 12.3 Å². The maximum atomic E-state index is 10.8. The summed E-state index contributed by atoms with van der Waals surface area (Å²) in [6.07, 6.45) is 6.08. The van der Waals surface area contributed by atoms with Crippen LogP contribution in [0.5, 0.6) is 0 Å². The third kappa shape index (κ3) is 3.60. The monoisotopic (exact) mass is 265 g/mol. The maximum absolute atomic E-state index is 10.8. The highest BCUT2D eigenvalue weighted by molar-refractivity contribution is 5.67. The Morgan fingerprint density at radius 3 is 3.00 bits per heavy atom. The number of hydrogen-bond acceptors (Lipinski definition) is 3. The van der Waals surface area contributed by atoms with Crippen molar-refractivity contribution in [2.75, 3.05) is 13.1 Å². The van der Waals surface area contributed by atoms with E-state index in [0.717, 1.165) is 25.9 Å². The Morgan fingerprint density at radius 1 is 1.58 bits per heavy atom. The topological polar surface area (TPSA) is 53.7 Å². The molecule has 0 aromatic carbocycles. The number of rotatable bonds is 5. The van der Waals surface area contributed by atoms with Crippen molar-refractivity contribution in [1.29, 1.82) is 0 Å². The average Bonchev–Trinajstić information content (AvgIpc) is 2.91. The van der Waals surface area contributed by atoms with Gasteiger partial charge in [-0.25, -0.2) is 0 Å². The number of furan rings is 1. The van der Waals surface area contributed by atoms with E-state index < -0.39 is 5.97 Å². The molecule has 3 unspecified atom stereocenters. The van der Waals surface area contributed by atoms with Gasteiger partial charge in [0.05, 0.1) is 12.5 Å². The van der Waals surface area contributed by atoms with E-state index >= 15 is 0 Å². The zero-order valence-electron chi connectivity index (χ0n) is 11.7.